The highest BCUT2D eigenvalue weighted by atomic mass is 16.1. The number of nitriles is 1. The van der Waals surface area contributed by atoms with Gasteiger partial charge in [-0.2, -0.15) is 5.26 Å². The predicted octanol–water partition coefficient (Wildman–Crippen LogP) is 2.65. The number of hydrogen-bond acceptors (Lipinski definition) is 2. The van der Waals surface area contributed by atoms with Crippen molar-refractivity contribution in [2.75, 3.05) is 0 Å². The Bertz CT molecular complexity index is 429. The zero-order valence-corrected chi connectivity index (χ0v) is 11.2. The van der Waals surface area contributed by atoms with Crippen LogP contribution in [-0.4, -0.2) is 11.9 Å². The first kappa shape index (κ1) is 14.2. The first-order valence-corrected chi connectivity index (χ1v) is 6.35. The third-order valence-corrected chi connectivity index (χ3v) is 3.04. The summed E-state index contributed by atoms with van der Waals surface area (Å²) in [6.07, 6.45) is 1.31. The number of nitrogens with zero attached hydrogens (tertiary/aromatic N) is 1. The van der Waals surface area contributed by atoms with Gasteiger partial charge in [-0.15, -0.1) is 0 Å². The molecular weight excluding hydrogens is 224 g/mol. The van der Waals surface area contributed by atoms with Gasteiger partial charge in [0.15, 0.2) is 0 Å². The molecule has 0 radical (unpaired) electrons. The maximum absolute atomic E-state index is 11.9. The summed E-state index contributed by atoms with van der Waals surface area (Å²) in [6.45, 7) is 6.29. The molecule has 1 aromatic rings. The lowest BCUT2D eigenvalue weighted by Gasteiger charge is -2.20. The van der Waals surface area contributed by atoms with Gasteiger partial charge in [0.05, 0.1) is 18.1 Å². The standard InChI is InChI=1S/C15H20N2O/c1-4-14(11(2)3)17-15(18)9-12-5-7-13(10-16)8-6-12/h5-8,11,14H,4,9H2,1-3H3,(H,17,18). The first-order valence-electron chi connectivity index (χ1n) is 6.35. The van der Waals surface area contributed by atoms with E-state index in [1.807, 2.05) is 12.1 Å². The maximum Gasteiger partial charge on any atom is 0.224 e. The molecule has 18 heavy (non-hydrogen) atoms. The molecule has 1 aromatic carbocycles. The Morgan fingerprint density at radius 1 is 1.33 bits per heavy atom. The second-order valence-corrected chi connectivity index (χ2v) is 4.81. The number of rotatable bonds is 5. The van der Waals surface area contributed by atoms with Crippen molar-refractivity contribution >= 4 is 5.91 Å². The molecule has 0 aliphatic heterocycles. The molecule has 96 valence electrons. The highest BCUT2D eigenvalue weighted by Crippen LogP contribution is 2.07. The number of carbonyl (C=O) groups excluding carboxylic acids is 1. The van der Waals surface area contributed by atoms with E-state index >= 15 is 0 Å². The molecule has 0 aliphatic rings. The first-order chi connectivity index (χ1) is 8.56. The number of amides is 1. The van der Waals surface area contributed by atoms with Gasteiger partial charge < -0.3 is 5.32 Å². The number of hydrogen-bond donors (Lipinski definition) is 1. The van der Waals surface area contributed by atoms with E-state index in [-0.39, 0.29) is 11.9 Å². The molecule has 1 amide bonds. The largest absolute Gasteiger partial charge is 0.353 e. The van der Waals surface area contributed by atoms with E-state index in [0.717, 1.165) is 12.0 Å². The average Bonchev–Trinajstić information content (AvgIpc) is 2.36. The minimum absolute atomic E-state index is 0.0419. The summed E-state index contributed by atoms with van der Waals surface area (Å²) in [5.74, 6) is 0.486. The van der Waals surface area contributed by atoms with E-state index in [1.54, 1.807) is 12.1 Å². The fourth-order valence-electron chi connectivity index (χ4n) is 1.88. The second-order valence-electron chi connectivity index (χ2n) is 4.81. The van der Waals surface area contributed by atoms with Crippen LogP contribution >= 0.6 is 0 Å². The molecule has 0 aliphatic carbocycles. The normalized spacial score (nSPS) is 11.9. The second kappa shape index (κ2) is 6.80. The summed E-state index contributed by atoms with van der Waals surface area (Å²) < 4.78 is 0. The van der Waals surface area contributed by atoms with E-state index in [0.29, 0.717) is 17.9 Å². The molecule has 3 nitrogen and oxygen atoms in total. The smallest absolute Gasteiger partial charge is 0.224 e. The molecule has 0 bridgehead atoms. The van der Waals surface area contributed by atoms with Crippen LogP contribution in [0, 0.1) is 17.2 Å². The summed E-state index contributed by atoms with van der Waals surface area (Å²) in [4.78, 5) is 11.9. The molecule has 1 N–H and O–H groups in total. The van der Waals surface area contributed by atoms with Crippen molar-refractivity contribution in [1.29, 1.82) is 5.26 Å². The molecule has 0 aromatic heterocycles. The van der Waals surface area contributed by atoms with Crippen LogP contribution in [0.2, 0.25) is 0 Å². The summed E-state index contributed by atoms with van der Waals surface area (Å²) in [6, 6.07) is 9.43. The van der Waals surface area contributed by atoms with Crippen LogP contribution in [0.5, 0.6) is 0 Å². The van der Waals surface area contributed by atoms with Crippen molar-refractivity contribution in [1.82, 2.24) is 5.32 Å². The SMILES string of the molecule is CCC(NC(=O)Cc1ccc(C#N)cc1)C(C)C. The van der Waals surface area contributed by atoms with E-state index in [9.17, 15) is 4.79 Å². The van der Waals surface area contributed by atoms with Crippen LogP contribution in [0.1, 0.15) is 38.3 Å². The van der Waals surface area contributed by atoms with Crippen LogP contribution in [-0.2, 0) is 11.2 Å². The topological polar surface area (TPSA) is 52.9 Å². The minimum atomic E-state index is 0.0419. The van der Waals surface area contributed by atoms with Gasteiger partial charge in [-0.3, -0.25) is 4.79 Å². The molecule has 0 heterocycles. The van der Waals surface area contributed by atoms with Crippen molar-refractivity contribution in [3.05, 3.63) is 35.4 Å². The Balaban J connectivity index is 2.56. The Morgan fingerprint density at radius 3 is 2.39 bits per heavy atom. The van der Waals surface area contributed by atoms with E-state index in [4.69, 9.17) is 5.26 Å². The van der Waals surface area contributed by atoms with Crippen molar-refractivity contribution < 1.29 is 4.79 Å². The number of carbonyl (C=O) groups is 1. The van der Waals surface area contributed by atoms with Crippen LogP contribution in [0.15, 0.2) is 24.3 Å². The molecule has 3 heteroatoms. The molecule has 0 saturated carbocycles. The monoisotopic (exact) mass is 244 g/mol. The van der Waals surface area contributed by atoms with Gasteiger partial charge in [-0.25, -0.2) is 0 Å². The zero-order valence-electron chi connectivity index (χ0n) is 11.2. The summed E-state index contributed by atoms with van der Waals surface area (Å²) in [5, 5.41) is 11.7. The molecule has 1 atom stereocenters. The van der Waals surface area contributed by atoms with Gasteiger partial charge in [0.2, 0.25) is 5.91 Å². The van der Waals surface area contributed by atoms with Crippen molar-refractivity contribution in [3.8, 4) is 6.07 Å². The highest BCUT2D eigenvalue weighted by Gasteiger charge is 2.13. The van der Waals surface area contributed by atoms with Gasteiger partial charge >= 0.3 is 0 Å². The molecule has 1 rings (SSSR count). The fraction of sp³-hybridized carbons (Fsp3) is 0.467. The fourth-order valence-corrected chi connectivity index (χ4v) is 1.88. The third kappa shape index (κ3) is 4.21. The Morgan fingerprint density at radius 2 is 1.94 bits per heavy atom. The summed E-state index contributed by atoms with van der Waals surface area (Å²) >= 11 is 0. The van der Waals surface area contributed by atoms with Crippen LogP contribution in [0.4, 0.5) is 0 Å². The molecule has 0 fully saturated rings. The molecule has 0 saturated heterocycles. The van der Waals surface area contributed by atoms with Gasteiger partial charge in [-0.1, -0.05) is 32.9 Å². The zero-order chi connectivity index (χ0) is 13.5. The summed E-state index contributed by atoms with van der Waals surface area (Å²) in [7, 11) is 0. The average molecular weight is 244 g/mol. The number of nitrogens with one attached hydrogen (secondary N) is 1. The van der Waals surface area contributed by atoms with Crippen LogP contribution in [0.3, 0.4) is 0 Å². The Kier molecular flexibility index (Phi) is 5.38. The quantitative estimate of drug-likeness (QED) is 0.865. The molecule has 0 spiro atoms. The van der Waals surface area contributed by atoms with Crippen molar-refractivity contribution in [2.45, 2.75) is 39.7 Å². The van der Waals surface area contributed by atoms with Gasteiger partial charge in [0.1, 0.15) is 0 Å². The lowest BCUT2D eigenvalue weighted by atomic mass is 10.0. The van der Waals surface area contributed by atoms with E-state index in [2.05, 4.69) is 32.2 Å². The minimum Gasteiger partial charge on any atom is -0.353 e. The van der Waals surface area contributed by atoms with E-state index in [1.165, 1.54) is 0 Å². The highest BCUT2D eigenvalue weighted by molar-refractivity contribution is 5.78. The lowest BCUT2D eigenvalue weighted by Crippen LogP contribution is -2.38. The van der Waals surface area contributed by atoms with Gasteiger partial charge in [0, 0.05) is 6.04 Å². The summed E-state index contributed by atoms with van der Waals surface area (Å²) in [5.41, 5.74) is 1.55. The van der Waals surface area contributed by atoms with Crippen molar-refractivity contribution in [3.63, 3.8) is 0 Å². The molecular formula is C15H20N2O. The Labute approximate surface area is 109 Å². The lowest BCUT2D eigenvalue weighted by molar-refractivity contribution is -0.121. The van der Waals surface area contributed by atoms with E-state index < -0.39 is 0 Å². The third-order valence-electron chi connectivity index (χ3n) is 3.04. The van der Waals surface area contributed by atoms with Crippen molar-refractivity contribution in [2.24, 2.45) is 5.92 Å². The van der Waals surface area contributed by atoms with Gasteiger partial charge in [0.25, 0.3) is 0 Å². The van der Waals surface area contributed by atoms with Crippen LogP contribution in [0.25, 0.3) is 0 Å². The molecule has 1 unspecified atom stereocenters. The maximum atomic E-state index is 11.9. The predicted molar refractivity (Wildman–Crippen MR) is 71.9 cm³/mol. The van der Waals surface area contributed by atoms with Gasteiger partial charge in [-0.05, 0) is 30.0 Å². The van der Waals surface area contributed by atoms with Crippen LogP contribution < -0.4 is 5.32 Å². The number of benzene rings is 1. The Hall–Kier alpha value is -1.82.